The Morgan fingerprint density at radius 2 is 2.00 bits per heavy atom. The molecule has 4 nitrogen and oxygen atoms in total. The van der Waals surface area contributed by atoms with Crippen molar-refractivity contribution in [2.45, 2.75) is 6.54 Å². The second kappa shape index (κ2) is 5.75. The third kappa shape index (κ3) is 2.75. The lowest BCUT2D eigenvalue weighted by molar-refractivity contribution is 0.0691. The van der Waals surface area contributed by atoms with E-state index in [1.165, 1.54) is 24.3 Å². The summed E-state index contributed by atoms with van der Waals surface area (Å²) in [6.45, 7) is 0.102. The van der Waals surface area contributed by atoms with Gasteiger partial charge in [0, 0.05) is 17.1 Å². The van der Waals surface area contributed by atoms with E-state index in [2.05, 4.69) is 4.98 Å². The van der Waals surface area contributed by atoms with Gasteiger partial charge in [-0.25, -0.2) is 14.2 Å². The fourth-order valence-electron chi connectivity index (χ4n) is 1.68. The van der Waals surface area contributed by atoms with Crippen LogP contribution in [0.5, 0.6) is 0 Å². The molecule has 1 aromatic heterocycles. The minimum atomic E-state index is -1.29. The van der Waals surface area contributed by atoms with Crippen LogP contribution in [0.3, 0.4) is 0 Å². The number of aromatic carboxylic acids is 1. The topological polar surface area (TPSA) is 76.2 Å². The second-order valence-electron chi connectivity index (χ2n) is 3.96. The lowest BCUT2D eigenvalue weighted by Crippen LogP contribution is -2.04. The molecule has 2 rings (SSSR count). The molecule has 104 valence electrons. The molecule has 0 aliphatic carbocycles. The molecule has 1 heterocycles. The van der Waals surface area contributed by atoms with E-state index in [4.69, 9.17) is 34.0 Å². The largest absolute Gasteiger partial charge is 0.476 e. The minimum absolute atomic E-state index is 0.0219. The van der Waals surface area contributed by atoms with Crippen molar-refractivity contribution < 1.29 is 14.3 Å². The number of pyridine rings is 1. The van der Waals surface area contributed by atoms with E-state index < -0.39 is 11.8 Å². The van der Waals surface area contributed by atoms with Gasteiger partial charge in [-0.3, -0.25) is 0 Å². The van der Waals surface area contributed by atoms with E-state index in [1.54, 1.807) is 0 Å². The van der Waals surface area contributed by atoms with Crippen molar-refractivity contribution in [3.8, 4) is 11.3 Å². The van der Waals surface area contributed by atoms with Crippen LogP contribution in [-0.2, 0) is 6.54 Å². The van der Waals surface area contributed by atoms with Gasteiger partial charge in [0.15, 0.2) is 5.69 Å². The van der Waals surface area contributed by atoms with Crippen LogP contribution in [0, 0.1) is 5.82 Å². The Kier molecular flexibility index (Phi) is 4.23. The van der Waals surface area contributed by atoms with Crippen molar-refractivity contribution in [2.75, 3.05) is 0 Å². The highest BCUT2D eigenvalue weighted by Crippen LogP contribution is 2.29. The highest BCUT2D eigenvalue weighted by Gasteiger charge is 2.15. The Balaban J connectivity index is 2.60. The standard InChI is InChI=1S/C13H9Cl2FN2O2/c14-8-1-2-11(18-12(8)13(19)20)7-4-9(15)6(5-17)3-10(7)16/h1-4H,5,17H2,(H,19,20). The number of nitrogens with zero attached hydrogens (tertiary/aromatic N) is 1. The number of carboxylic acids is 1. The number of benzene rings is 1. The zero-order valence-electron chi connectivity index (χ0n) is 10.0. The van der Waals surface area contributed by atoms with Gasteiger partial charge >= 0.3 is 5.97 Å². The van der Waals surface area contributed by atoms with Crippen molar-refractivity contribution in [2.24, 2.45) is 5.73 Å². The van der Waals surface area contributed by atoms with Crippen molar-refractivity contribution in [3.05, 3.63) is 51.4 Å². The maximum absolute atomic E-state index is 14.0. The summed E-state index contributed by atoms with van der Waals surface area (Å²) < 4.78 is 14.0. The number of carbonyl (C=O) groups is 1. The van der Waals surface area contributed by atoms with Crippen molar-refractivity contribution in [3.63, 3.8) is 0 Å². The molecule has 0 spiro atoms. The highest BCUT2D eigenvalue weighted by atomic mass is 35.5. The summed E-state index contributed by atoms with van der Waals surface area (Å²) in [4.78, 5) is 14.8. The second-order valence-corrected chi connectivity index (χ2v) is 4.77. The molecule has 0 atom stereocenters. The quantitative estimate of drug-likeness (QED) is 0.910. The average molecular weight is 315 g/mol. The van der Waals surface area contributed by atoms with Gasteiger partial charge in [-0.05, 0) is 29.8 Å². The maximum atomic E-state index is 14.0. The molecular formula is C13H9Cl2FN2O2. The molecule has 0 amide bonds. The van der Waals surface area contributed by atoms with Crippen LogP contribution in [0.15, 0.2) is 24.3 Å². The molecule has 3 N–H and O–H groups in total. The summed E-state index contributed by atoms with van der Waals surface area (Å²) in [5.41, 5.74) is 5.77. The van der Waals surface area contributed by atoms with Crippen molar-refractivity contribution in [1.82, 2.24) is 4.98 Å². The first-order valence-corrected chi connectivity index (χ1v) is 6.28. The van der Waals surface area contributed by atoms with Crippen molar-refractivity contribution >= 4 is 29.2 Å². The van der Waals surface area contributed by atoms with Crippen LogP contribution < -0.4 is 5.73 Å². The van der Waals surface area contributed by atoms with Gasteiger partial charge in [0.05, 0.1) is 10.7 Å². The molecule has 20 heavy (non-hydrogen) atoms. The minimum Gasteiger partial charge on any atom is -0.476 e. The fourth-order valence-corrected chi connectivity index (χ4v) is 2.11. The molecular weight excluding hydrogens is 306 g/mol. The highest BCUT2D eigenvalue weighted by molar-refractivity contribution is 6.33. The molecule has 0 aliphatic rings. The predicted molar refractivity (Wildman–Crippen MR) is 74.5 cm³/mol. The summed E-state index contributed by atoms with van der Waals surface area (Å²) in [6.07, 6.45) is 0. The monoisotopic (exact) mass is 314 g/mol. The first-order chi connectivity index (χ1) is 9.43. The summed E-state index contributed by atoms with van der Waals surface area (Å²) in [6, 6.07) is 5.33. The van der Waals surface area contributed by atoms with E-state index in [9.17, 15) is 9.18 Å². The first kappa shape index (κ1) is 14.7. The zero-order chi connectivity index (χ0) is 14.9. The van der Waals surface area contributed by atoms with Crippen LogP contribution in [0.4, 0.5) is 4.39 Å². The molecule has 0 radical (unpaired) electrons. The van der Waals surface area contributed by atoms with Gasteiger partial charge in [-0.1, -0.05) is 23.2 Å². The molecule has 1 aromatic carbocycles. The number of nitrogens with two attached hydrogens (primary N) is 1. The fraction of sp³-hybridized carbons (Fsp3) is 0.0769. The average Bonchev–Trinajstić information content (AvgIpc) is 2.41. The van der Waals surface area contributed by atoms with Crippen molar-refractivity contribution in [1.29, 1.82) is 0 Å². The Bertz CT molecular complexity index is 692. The molecule has 0 unspecified atom stereocenters. The molecule has 7 heteroatoms. The molecule has 0 fully saturated rings. The molecule has 0 aliphatic heterocycles. The lowest BCUT2D eigenvalue weighted by atomic mass is 10.1. The van der Waals surface area contributed by atoms with E-state index in [-0.39, 0.29) is 33.5 Å². The summed E-state index contributed by atoms with van der Waals surface area (Å²) >= 11 is 11.7. The lowest BCUT2D eigenvalue weighted by Gasteiger charge is -2.08. The molecule has 0 saturated carbocycles. The number of carboxylic acid groups (broad SMARTS) is 1. The van der Waals surface area contributed by atoms with E-state index in [0.29, 0.717) is 5.56 Å². The Labute approximate surface area is 124 Å². The van der Waals surface area contributed by atoms with Crippen LogP contribution in [0.1, 0.15) is 16.1 Å². The summed E-state index contributed by atoms with van der Waals surface area (Å²) in [5, 5.41) is 9.23. The van der Waals surface area contributed by atoms with Crippen LogP contribution in [0.25, 0.3) is 11.3 Å². The number of aromatic nitrogens is 1. The zero-order valence-corrected chi connectivity index (χ0v) is 11.5. The normalized spacial score (nSPS) is 10.6. The van der Waals surface area contributed by atoms with E-state index in [0.717, 1.165) is 0 Å². The Hall–Kier alpha value is -1.69. The summed E-state index contributed by atoms with van der Waals surface area (Å²) in [7, 11) is 0. The smallest absolute Gasteiger partial charge is 0.356 e. The number of hydrogen-bond donors (Lipinski definition) is 2. The van der Waals surface area contributed by atoms with Crippen LogP contribution >= 0.6 is 23.2 Å². The van der Waals surface area contributed by atoms with Gasteiger partial charge in [0.25, 0.3) is 0 Å². The van der Waals surface area contributed by atoms with Crippen LogP contribution in [0.2, 0.25) is 10.0 Å². The van der Waals surface area contributed by atoms with Gasteiger partial charge in [0.2, 0.25) is 0 Å². The maximum Gasteiger partial charge on any atom is 0.356 e. The van der Waals surface area contributed by atoms with Gasteiger partial charge in [-0.15, -0.1) is 0 Å². The number of rotatable bonds is 3. The molecule has 0 saturated heterocycles. The number of hydrogen-bond acceptors (Lipinski definition) is 3. The first-order valence-electron chi connectivity index (χ1n) is 5.52. The SMILES string of the molecule is NCc1cc(F)c(-c2ccc(Cl)c(C(=O)O)n2)cc1Cl. The third-order valence-electron chi connectivity index (χ3n) is 2.68. The third-order valence-corrected chi connectivity index (χ3v) is 3.34. The van der Waals surface area contributed by atoms with E-state index in [1.807, 2.05) is 0 Å². The number of halogens is 3. The predicted octanol–water partition coefficient (Wildman–Crippen LogP) is 3.35. The van der Waals surface area contributed by atoms with Crippen LogP contribution in [-0.4, -0.2) is 16.1 Å². The molecule has 2 aromatic rings. The Morgan fingerprint density at radius 3 is 2.60 bits per heavy atom. The van der Waals surface area contributed by atoms with E-state index >= 15 is 0 Å². The summed E-state index contributed by atoms with van der Waals surface area (Å²) in [5.74, 6) is -1.87. The Morgan fingerprint density at radius 1 is 1.30 bits per heavy atom. The van der Waals surface area contributed by atoms with Gasteiger partial charge in [0.1, 0.15) is 5.82 Å². The molecule has 0 bridgehead atoms. The van der Waals surface area contributed by atoms with Gasteiger partial charge in [-0.2, -0.15) is 0 Å². The van der Waals surface area contributed by atoms with Gasteiger partial charge < -0.3 is 10.8 Å².